The molecule has 0 saturated carbocycles. The first-order chi connectivity index (χ1) is 11.0. The molecule has 0 aromatic heterocycles. The highest BCUT2D eigenvalue weighted by atomic mass is 32.5. The van der Waals surface area contributed by atoms with Crippen LogP contribution in [0.25, 0.3) is 0 Å². The lowest BCUT2D eigenvalue weighted by Crippen LogP contribution is -2.04. The Morgan fingerprint density at radius 1 is 0.913 bits per heavy atom. The highest BCUT2D eigenvalue weighted by molar-refractivity contribution is 8.08. The van der Waals surface area contributed by atoms with Crippen molar-refractivity contribution in [2.24, 2.45) is 0 Å². The Morgan fingerprint density at radius 2 is 1.35 bits per heavy atom. The van der Waals surface area contributed by atoms with Crippen molar-refractivity contribution in [1.82, 2.24) is 0 Å². The first kappa shape index (κ1) is 17.3. The maximum absolute atomic E-state index is 11.2. The molecule has 2 rings (SSSR count). The van der Waals surface area contributed by atoms with Crippen LogP contribution in [0.3, 0.4) is 0 Å². The summed E-state index contributed by atoms with van der Waals surface area (Å²) in [7, 11) is 0. The molecular weight excluding hydrogens is 331 g/mol. The molecule has 0 aliphatic carbocycles. The molecule has 2 aromatic carbocycles. The van der Waals surface area contributed by atoms with Crippen molar-refractivity contribution in [3.8, 4) is 11.5 Å². The van der Waals surface area contributed by atoms with Gasteiger partial charge in [-0.1, -0.05) is 36.4 Å². The van der Waals surface area contributed by atoms with E-state index in [0.717, 1.165) is 0 Å². The third-order valence-corrected chi connectivity index (χ3v) is 4.63. The lowest BCUT2D eigenvalue weighted by atomic mass is 10.3. The molecule has 0 atom stereocenters. The van der Waals surface area contributed by atoms with E-state index >= 15 is 0 Å². The number of benzene rings is 2. The van der Waals surface area contributed by atoms with Crippen molar-refractivity contribution in [2.75, 3.05) is 0 Å². The predicted molar refractivity (Wildman–Crippen MR) is 93.9 cm³/mol. The maximum Gasteiger partial charge on any atom is 0.490 e. The molecule has 0 fully saturated rings. The van der Waals surface area contributed by atoms with Crippen LogP contribution in [-0.2, 0) is 21.1 Å². The predicted octanol–water partition coefficient (Wildman–Crippen LogP) is 4.88. The zero-order valence-corrected chi connectivity index (χ0v) is 14.6. The van der Waals surface area contributed by atoms with Crippen molar-refractivity contribution in [3.63, 3.8) is 0 Å². The van der Waals surface area contributed by atoms with Gasteiger partial charge in [-0.05, 0) is 38.1 Å². The first-order valence-corrected chi connectivity index (χ1v) is 9.50. The molecule has 4 nitrogen and oxygen atoms in total. The molecule has 0 saturated heterocycles. The summed E-state index contributed by atoms with van der Waals surface area (Å²) in [5.74, 6) is 1.31. The Bertz CT molecular complexity index is 683. The van der Waals surface area contributed by atoms with Crippen LogP contribution in [0.5, 0.6) is 11.5 Å². The van der Waals surface area contributed by atoms with E-state index in [1.165, 1.54) is 13.0 Å². The average molecular weight is 348 g/mol. The largest absolute Gasteiger partial charge is 0.490 e. The van der Waals surface area contributed by atoms with E-state index in [2.05, 4.69) is 0 Å². The van der Waals surface area contributed by atoms with Gasteiger partial charge in [0.15, 0.2) is 5.78 Å². The summed E-state index contributed by atoms with van der Waals surface area (Å²) in [6.45, 7) is -0.0817. The second-order valence-electron chi connectivity index (χ2n) is 4.71. The third kappa shape index (κ3) is 5.89. The minimum Gasteiger partial charge on any atom is -0.412 e. The van der Waals surface area contributed by atoms with Gasteiger partial charge in [-0.15, -0.1) is 0 Å². The van der Waals surface area contributed by atoms with Gasteiger partial charge in [-0.2, -0.15) is 0 Å². The number of para-hydroxylation sites is 2. The molecule has 2 aromatic rings. The smallest absolute Gasteiger partial charge is 0.412 e. The molecule has 0 bridgehead atoms. The maximum atomic E-state index is 11.2. The Morgan fingerprint density at radius 3 is 1.74 bits per heavy atom. The van der Waals surface area contributed by atoms with Gasteiger partial charge in [0.05, 0.1) is 0 Å². The zero-order chi connectivity index (χ0) is 16.7. The van der Waals surface area contributed by atoms with Crippen LogP contribution in [0.1, 0.15) is 13.8 Å². The standard InChI is InChI=1S/C17H17O4PS/c1-14(18)13-15(2)19-22(23,20-16-9-5-3-6-10-16)21-17-11-7-4-8-12-17/h3-13H,1-2H3/b15-13+. The molecule has 0 radical (unpaired) electrons. The van der Waals surface area contributed by atoms with Gasteiger partial charge < -0.3 is 13.6 Å². The SMILES string of the molecule is CC(=O)/C=C(\C)OP(=S)(Oc1ccccc1)Oc1ccccc1. The lowest BCUT2D eigenvalue weighted by Gasteiger charge is -2.23. The Balaban J connectivity index is 2.26. The van der Waals surface area contributed by atoms with Crippen molar-refractivity contribution in [3.05, 3.63) is 72.5 Å². The Hall–Kier alpha value is -2.10. The third-order valence-electron chi connectivity index (χ3n) is 2.58. The van der Waals surface area contributed by atoms with E-state index < -0.39 is 6.72 Å². The fraction of sp³-hybridized carbons (Fsp3) is 0.118. The van der Waals surface area contributed by atoms with Gasteiger partial charge in [0.1, 0.15) is 17.3 Å². The molecular formula is C17H17O4PS. The number of hydrogen-bond donors (Lipinski definition) is 0. The van der Waals surface area contributed by atoms with Gasteiger partial charge in [-0.25, -0.2) is 0 Å². The number of rotatable bonds is 7. The number of hydrogen-bond acceptors (Lipinski definition) is 5. The van der Waals surface area contributed by atoms with E-state index in [4.69, 9.17) is 25.4 Å². The van der Waals surface area contributed by atoms with Crippen LogP contribution in [0.15, 0.2) is 72.5 Å². The minimum absolute atomic E-state index is 0.136. The van der Waals surface area contributed by atoms with Gasteiger partial charge in [-0.3, -0.25) is 4.79 Å². The molecule has 6 heteroatoms. The fourth-order valence-electron chi connectivity index (χ4n) is 1.77. The summed E-state index contributed by atoms with van der Waals surface area (Å²) >= 11 is 5.49. The summed E-state index contributed by atoms with van der Waals surface area (Å²) in [5.41, 5.74) is 0. The van der Waals surface area contributed by atoms with Crippen molar-refractivity contribution in [2.45, 2.75) is 13.8 Å². The molecule has 0 aliphatic heterocycles. The normalized spacial score (nSPS) is 11.7. The molecule has 23 heavy (non-hydrogen) atoms. The van der Waals surface area contributed by atoms with Crippen LogP contribution in [-0.4, -0.2) is 5.78 Å². The first-order valence-electron chi connectivity index (χ1n) is 6.95. The van der Waals surface area contributed by atoms with Crippen molar-refractivity contribution >= 4 is 24.3 Å². The van der Waals surface area contributed by atoms with Crippen LogP contribution < -0.4 is 9.05 Å². The minimum atomic E-state index is -3.16. The average Bonchev–Trinajstić information content (AvgIpc) is 2.47. The van der Waals surface area contributed by atoms with E-state index in [-0.39, 0.29) is 5.78 Å². The molecule has 0 aliphatic rings. The van der Waals surface area contributed by atoms with Crippen molar-refractivity contribution < 1.29 is 18.4 Å². The molecule has 0 spiro atoms. The van der Waals surface area contributed by atoms with E-state index in [9.17, 15) is 4.79 Å². The second kappa shape index (κ2) is 7.95. The molecule has 0 N–H and O–H groups in total. The highest BCUT2D eigenvalue weighted by Gasteiger charge is 2.26. The van der Waals surface area contributed by atoms with Crippen molar-refractivity contribution in [1.29, 1.82) is 0 Å². The van der Waals surface area contributed by atoms with Gasteiger partial charge in [0.25, 0.3) is 0 Å². The van der Waals surface area contributed by atoms with Gasteiger partial charge in [0, 0.05) is 17.9 Å². The highest BCUT2D eigenvalue weighted by Crippen LogP contribution is 2.51. The van der Waals surface area contributed by atoms with Crippen LogP contribution in [0, 0.1) is 0 Å². The topological polar surface area (TPSA) is 44.8 Å². The number of allylic oxidation sites excluding steroid dienone is 2. The van der Waals surface area contributed by atoms with E-state index in [1.807, 2.05) is 36.4 Å². The number of carbonyl (C=O) groups is 1. The summed E-state index contributed by atoms with van der Waals surface area (Å²) in [5, 5.41) is 0. The quantitative estimate of drug-likeness (QED) is 0.405. The Kier molecular flexibility index (Phi) is 5.97. The summed E-state index contributed by atoms with van der Waals surface area (Å²) in [4.78, 5) is 11.2. The van der Waals surface area contributed by atoms with Crippen LogP contribution in [0.2, 0.25) is 0 Å². The van der Waals surface area contributed by atoms with Gasteiger partial charge in [0.2, 0.25) is 0 Å². The molecule has 120 valence electrons. The van der Waals surface area contributed by atoms with Crippen LogP contribution in [0.4, 0.5) is 0 Å². The lowest BCUT2D eigenvalue weighted by molar-refractivity contribution is -0.112. The second-order valence-corrected chi connectivity index (χ2v) is 7.50. The summed E-state index contributed by atoms with van der Waals surface area (Å²) < 4.78 is 17.3. The summed E-state index contributed by atoms with van der Waals surface area (Å²) in [6.07, 6.45) is 1.35. The van der Waals surface area contributed by atoms with E-state index in [1.54, 1.807) is 31.2 Å². The molecule has 0 heterocycles. The number of ketones is 1. The molecule has 0 unspecified atom stereocenters. The Labute approximate surface area is 141 Å². The zero-order valence-electron chi connectivity index (χ0n) is 12.8. The number of carbonyl (C=O) groups excluding carboxylic acids is 1. The van der Waals surface area contributed by atoms with E-state index in [0.29, 0.717) is 17.3 Å². The summed E-state index contributed by atoms with van der Waals surface area (Å²) in [6, 6.07) is 18.1. The fourth-order valence-corrected chi connectivity index (χ4v) is 3.91. The molecule has 0 amide bonds. The monoisotopic (exact) mass is 348 g/mol. The van der Waals surface area contributed by atoms with Gasteiger partial charge >= 0.3 is 6.72 Å². The van der Waals surface area contributed by atoms with Crippen LogP contribution >= 0.6 is 6.72 Å².